The van der Waals surface area contributed by atoms with Crippen molar-refractivity contribution in [2.75, 3.05) is 6.54 Å². The van der Waals surface area contributed by atoms with Gasteiger partial charge in [0.25, 0.3) is 0 Å². The molecule has 2 aromatic rings. The second-order valence-electron chi connectivity index (χ2n) is 4.27. The number of pyridine rings is 1. The minimum Gasteiger partial charge on any atom is -0.487 e. The fourth-order valence-corrected chi connectivity index (χ4v) is 1.67. The van der Waals surface area contributed by atoms with E-state index < -0.39 is 11.6 Å². The molecule has 106 valence electrons. The van der Waals surface area contributed by atoms with Crippen LogP contribution in [0.3, 0.4) is 0 Å². The largest absolute Gasteiger partial charge is 0.487 e. The molecule has 0 spiro atoms. The molecule has 0 radical (unpaired) electrons. The SMILES string of the molecule is CCNCc1ccc(OCc2cccc(F)c2F)cn1. The van der Waals surface area contributed by atoms with Crippen LogP contribution in [-0.2, 0) is 13.2 Å². The van der Waals surface area contributed by atoms with Gasteiger partial charge >= 0.3 is 0 Å². The van der Waals surface area contributed by atoms with Crippen LogP contribution in [0, 0.1) is 11.6 Å². The van der Waals surface area contributed by atoms with Gasteiger partial charge in [-0.3, -0.25) is 4.98 Å². The molecule has 0 bridgehead atoms. The molecule has 0 saturated heterocycles. The van der Waals surface area contributed by atoms with Crippen molar-refractivity contribution in [3.05, 3.63) is 59.4 Å². The second-order valence-corrected chi connectivity index (χ2v) is 4.27. The molecule has 0 unspecified atom stereocenters. The van der Waals surface area contributed by atoms with Gasteiger partial charge in [-0.2, -0.15) is 0 Å². The monoisotopic (exact) mass is 278 g/mol. The molecule has 1 aromatic carbocycles. The Kier molecular flexibility index (Phi) is 5.01. The van der Waals surface area contributed by atoms with E-state index in [1.165, 1.54) is 12.1 Å². The zero-order valence-corrected chi connectivity index (χ0v) is 11.2. The van der Waals surface area contributed by atoms with Crippen molar-refractivity contribution >= 4 is 0 Å². The first kappa shape index (κ1) is 14.4. The van der Waals surface area contributed by atoms with E-state index in [2.05, 4.69) is 10.3 Å². The smallest absolute Gasteiger partial charge is 0.165 e. The summed E-state index contributed by atoms with van der Waals surface area (Å²) >= 11 is 0. The third-order valence-corrected chi connectivity index (χ3v) is 2.78. The number of rotatable bonds is 6. The first-order valence-corrected chi connectivity index (χ1v) is 6.42. The first-order chi connectivity index (χ1) is 9.70. The molecule has 0 atom stereocenters. The van der Waals surface area contributed by atoms with Gasteiger partial charge in [-0.15, -0.1) is 0 Å². The summed E-state index contributed by atoms with van der Waals surface area (Å²) in [7, 11) is 0. The third-order valence-electron chi connectivity index (χ3n) is 2.78. The molecule has 2 rings (SSSR count). The van der Waals surface area contributed by atoms with E-state index in [1.54, 1.807) is 12.3 Å². The quantitative estimate of drug-likeness (QED) is 0.882. The molecule has 0 aliphatic carbocycles. The number of ether oxygens (including phenoxy) is 1. The molecule has 1 aromatic heterocycles. The highest BCUT2D eigenvalue weighted by Crippen LogP contribution is 2.15. The van der Waals surface area contributed by atoms with E-state index in [0.29, 0.717) is 12.3 Å². The Morgan fingerprint density at radius 1 is 1.20 bits per heavy atom. The molecule has 0 fully saturated rings. The van der Waals surface area contributed by atoms with Crippen LogP contribution in [0.5, 0.6) is 5.75 Å². The Hall–Kier alpha value is -2.01. The van der Waals surface area contributed by atoms with Crippen LogP contribution in [-0.4, -0.2) is 11.5 Å². The number of aromatic nitrogens is 1. The summed E-state index contributed by atoms with van der Waals surface area (Å²) in [6.07, 6.45) is 1.57. The van der Waals surface area contributed by atoms with E-state index in [-0.39, 0.29) is 12.2 Å². The third kappa shape index (κ3) is 3.74. The van der Waals surface area contributed by atoms with Gasteiger partial charge in [0, 0.05) is 12.1 Å². The molecule has 0 aliphatic heterocycles. The van der Waals surface area contributed by atoms with Gasteiger partial charge in [-0.25, -0.2) is 8.78 Å². The average Bonchev–Trinajstić information content (AvgIpc) is 2.48. The number of halogens is 2. The van der Waals surface area contributed by atoms with E-state index in [4.69, 9.17) is 4.74 Å². The second kappa shape index (κ2) is 6.96. The molecule has 0 saturated carbocycles. The van der Waals surface area contributed by atoms with Gasteiger partial charge in [0.15, 0.2) is 11.6 Å². The van der Waals surface area contributed by atoms with Crippen molar-refractivity contribution < 1.29 is 13.5 Å². The van der Waals surface area contributed by atoms with Gasteiger partial charge < -0.3 is 10.1 Å². The van der Waals surface area contributed by atoms with Crippen LogP contribution in [0.25, 0.3) is 0 Å². The lowest BCUT2D eigenvalue weighted by atomic mass is 10.2. The average molecular weight is 278 g/mol. The molecular weight excluding hydrogens is 262 g/mol. The van der Waals surface area contributed by atoms with Crippen LogP contribution in [0.15, 0.2) is 36.5 Å². The van der Waals surface area contributed by atoms with Crippen molar-refractivity contribution in [2.45, 2.75) is 20.1 Å². The number of hydrogen-bond acceptors (Lipinski definition) is 3. The number of hydrogen-bond donors (Lipinski definition) is 1. The van der Waals surface area contributed by atoms with E-state index >= 15 is 0 Å². The highest BCUT2D eigenvalue weighted by atomic mass is 19.2. The molecule has 0 aliphatic rings. The predicted octanol–water partition coefficient (Wildman–Crippen LogP) is 3.05. The minimum atomic E-state index is -0.871. The Labute approximate surface area is 116 Å². The van der Waals surface area contributed by atoms with Gasteiger partial charge in [0.2, 0.25) is 0 Å². The van der Waals surface area contributed by atoms with Crippen molar-refractivity contribution in [3.8, 4) is 5.75 Å². The zero-order valence-electron chi connectivity index (χ0n) is 11.2. The van der Waals surface area contributed by atoms with Crippen LogP contribution in [0.2, 0.25) is 0 Å². The summed E-state index contributed by atoms with van der Waals surface area (Å²) in [6, 6.07) is 7.62. The lowest BCUT2D eigenvalue weighted by Gasteiger charge is -2.08. The van der Waals surface area contributed by atoms with Crippen molar-refractivity contribution in [2.24, 2.45) is 0 Å². The summed E-state index contributed by atoms with van der Waals surface area (Å²) in [6.45, 7) is 3.55. The number of nitrogens with zero attached hydrogens (tertiary/aromatic N) is 1. The highest BCUT2D eigenvalue weighted by molar-refractivity contribution is 5.22. The summed E-state index contributed by atoms with van der Waals surface area (Å²) in [5.41, 5.74) is 1.08. The fourth-order valence-electron chi connectivity index (χ4n) is 1.67. The Morgan fingerprint density at radius 2 is 2.05 bits per heavy atom. The Morgan fingerprint density at radius 3 is 2.75 bits per heavy atom. The summed E-state index contributed by atoms with van der Waals surface area (Å²) < 4.78 is 31.9. The van der Waals surface area contributed by atoms with Crippen LogP contribution >= 0.6 is 0 Å². The molecule has 0 amide bonds. The lowest BCUT2D eigenvalue weighted by molar-refractivity contribution is 0.296. The minimum absolute atomic E-state index is 0.0299. The molecule has 5 heteroatoms. The first-order valence-electron chi connectivity index (χ1n) is 6.42. The van der Waals surface area contributed by atoms with Crippen LogP contribution < -0.4 is 10.1 Å². The van der Waals surface area contributed by atoms with Gasteiger partial charge in [-0.1, -0.05) is 19.1 Å². The van der Waals surface area contributed by atoms with Gasteiger partial charge in [-0.05, 0) is 24.7 Å². The maximum Gasteiger partial charge on any atom is 0.165 e. The normalized spacial score (nSPS) is 10.6. The maximum absolute atomic E-state index is 13.4. The lowest BCUT2D eigenvalue weighted by Crippen LogP contribution is -2.12. The summed E-state index contributed by atoms with van der Waals surface area (Å²) in [5, 5.41) is 3.16. The fraction of sp³-hybridized carbons (Fsp3) is 0.267. The van der Waals surface area contributed by atoms with E-state index in [0.717, 1.165) is 18.3 Å². The summed E-state index contributed by atoms with van der Waals surface area (Å²) in [5.74, 6) is -1.22. The van der Waals surface area contributed by atoms with Crippen LogP contribution in [0.4, 0.5) is 8.78 Å². The molecular formula is C15H16F2N2O. The van der Waals surface area contributed by atoms with Gasteiger partial charge in [0.1, 0.15) is 12.4 Å². The highest BCUT2D eigenvalue weighted by Gasteiger charge is 2.08. The molecule has 3 nitrogen and oxygen atoms in total. The summed E-state index contributed by atoms with van der Waals surface area (Å²) in [4.78, 5) is 4.21. The van der Waals surface area contributed by atoms with Gasteiger partial charge in [0.05, 0.1) is 11.9 Å². The zero-order chi connectivity index (χ0) is 14.4. The van der Waals surface area contributed by atoms with Crippen LogP contribution in [0.1, 0.15) is 18.2 Å². The van der Waals surface area contributed by atoms with E-state index in [1.807, 2.05) is 13.0 Å². The molecule has 1 heterocycles. The molecule has 20 heavy (non-hydrogen) atoms. The maximum atomic E-state index is 13.4. The topological polar surface area (TPSA) is 34.1 Å². The standard InChI is InChI=1S/C15H16F2N2O/c1-2-18-8-12-6-7-13(9-19-12)20-10-11-4-3-5-14(16)15(11)17/h3-7,9,18H,2,8,10H2,1H3. The Balaban J connectivity index is 1.95. The number of nitrogens with one attached hydrogen (secondary N) is 1. The van der Waals surface area contributed by atoms with Crippen molar-refractivity contribution in [1.82, 2.24) is 10.3 Å². The van der Waals surface area contributed by atoms with E-state index in [9.17, 15) is 8.78 Å². The Bertz CT molecular complexity index is 558. The number of benzene rings is 1. The van der Waals surface area contributed by atoms with Crippen molar-refractivity contribution in [3.63, 3.8) is 0 Å². The molecule has 1 N–H and O–H groups in total. The predicted molar refractivity (Wildman–Crippen MR) is 72.3 cm³/mol. The van der Waals surface area contributed by atoms with Crippen molar-refractivity contribution in [1.29, 1.82) is 0 Å².